The van der Waals surface area contributed by atoms with Gasteiger partial charge in [-0.05, 0) is 44.2 Å². The number of nitrogens with zero attached hydrogens (tertiary/aromatic N) is 4. The Morgan fingerprint density at radius 1 is 1.08 bits per heavy atom. The Labute approximate surface area is 150 Å². The molecule has 3 aromatic heterocycles. The molecule has 0 fully saturated rings. The van der Waals surface area contributed by atoms with Crippen molar-refractivity contribution in [2.45, 2.75) is 13.8 Å². The van der Waals surface area contributed by atoms with E-state index in [1.165, 1.54) is 6.20 Å². The van der Waals surface area contributed by atoms with E-state index in [0.717, 1.165) is 11.4 Å². The van der Waals surface area contributed by atoms with Crippen LogP contribution < -0.4 is 10.6 Å². The zero-order valence-corrected chi connectivity index (χ0v) is 14.3. The molecular formula is C19H16N6O. The van der Waals surface area contributed by atoms with E-state index >= 15 is 0 Å². The van der Waals surface area contributed by atoms with Crippen LogP contribution in [-0.2, 0) is 0 Å². The maximum absolute atomic E-state index is 12.7. The molecule has 7 nitrogen and oxygen atoms in total. The highest BCUT2D eigenvalue weighted by molar-refractivity contribution is 6.07. The molecule has 1 amide bonds. The lowest BCUT2D eigenvalue weighted by molar-refractivity contribution is 0.102. The molecule has 26 heavy (non-hydrogen) atoms. The molecule has 128 valence electrons. The van der Waals surface area contributed by atoms with Gasteiger partial charge in [-0.1, -0.05) is 0 Å². The second-order valence-electron chi connectivity index (χ2n) is 5.69. The molecular weight excluding hydrogens is 328 g/mol. The van der Waals surface area contributed by atoms with Gasteiger partial charge in [-0.2, -0.15) is 5.26 Å². The standard InChI is InChI=1S/C19H16N6O/c1-12-3-4-17(24-16-8-14(9-20)10-21-11-16)18(23-12)19(26)25-15-5-6-22-13(2)7-15/h3-8,10-11,24H,1-2H3,(H,22,25,26). The quantitative estimate of drug-likeness (QED) is 0.752. The molecule has 0 spiro atoms. The average Bonchev–Trinajstić information content (AvgIpc) is 2.63. The Balaban J connectivity index is 1.90. The molecule has 0 radical (unpaired) electrons. The van der Waals surface area contributed by atoms with Crippen molar-refractivity contribution in [3.63, 3.8) is 0 Å². The smallest absolute Gasteiger partial charge is 0.276 e. The number of hydrogen-bond acceptors (Lipinski definition) is 6. The van der Waals surface area contributed by atoms with Crippen molar-refractivity contribution in [3.05, 3.63) is 71.6 Å². The van der Waals surface area contributed by atoms with Crippen LogP contribution >= 0.6 is 0 Å². The minimum atomic E-state index is -0.341. The first kappa shape index (κ1) is 17.0. The van der Waals surface area contributed by atoms with Gasteiger partial charge in [0.25, 0.3) is 5.91 Å². The van der Waals surface area contributed by atoms with E-state index in [1.807, 2.05) is 19.9 Å². The van der Waals surface area contributed by atoms with Crippen LogP contribution in [0.3, 0.4) is 0 Å². The molecule has 0 saturated heterocycles. The maximum atomic E-state index is 12.7. The van der Waals surface area contributed by atoms with Crippen LogP contribution in [0, 0.1) is 25.2 Å². The van der Waals surface area contributed by atoms with Gasteiger partial charge in [0.2, 0.25) is 0 Å². The molecule has 0 bridgehead atoms. The fourth-order valence-corrected chi connectivity index (χ4v) is 2.37. The summed E-state index contributed by atoms with van der Waals surface area (Å²) in [5.74, 6) is -0.341. The summed E-state index contributed by atoms with van der Waals surface area (Å²) < 4.78 is 0. The number of carbonyl (C=O) groups is 1. The lowest BCUT2D eigenvalue weighted by Gasteiger charge is -2.12. The normalized spacial score (nSPS) is 10.0. The number of carbonyl (C=O) groups excluding carboxylic acids is 1. The largest absolute Gasteiger partial charge is 0.352 e. The van der Waals surface area contributed by atoms with Crippen molar-refractivity contribution in [1.82, 2.24) is 15.0 Å². The number of pyridine rings is 3. The number of nitrogens with one attached hydrogen (secondary N) is 2. The topological polar surface area (TPSA) is 104 Å². The third kappa shape index (κ3) is 3.99. The third-order valence-corrected chi connectivity index (χ3v) is 3.55. The predicted octanol–water partition coefficient (Wildman–Crippen LogP) is 3.36. The predicted molar refractivity (Wildman–Crippen MR) is 98.1 cm³/mol. The summed E-state index contributed by atoms with van der Waals surface area (Å²) in [4.78, 5) is 25.2. The maximum Gasteiger partial charge on any atom is 0.276 e. The fourth-order valence-electron chi connectivity index (χ4n) is 2.37. The molecule has 0 aliphatic rings. The summed E-state index contributed by atoms with van der Waals surface area (Å²) in [5.41, 5.74) is 3.97. The zero-order chi connectivity index (χ0) is 18.5. The van der Waals surface area contributed by atoms with E-state index in [4.69, 9.17) is 5.26 Å². The Bertz CT molecular complexity index is 1010. The first-order valence-corrected chi connectivity index (χ1v) is 7.89. The monoisotopic (exact) mass is 344 g/mol. The molecule has 0 aromatic carbocycles. The van der Waals surface area contributed by atoms with Gasteiger partial charge in [-0.25, -0.2) is 4.98 Å². The first-order valence-electron chi connectivity index (χ1n) is 7.89. The van der Waals surface area contributed by atoms with Gasteiger partial charge >= 0.3 is 0 Å². The fraction of sp³-hybridized carbons (Fsp3) is 0.105. The molecule has 0 aliphatic heterocycles. The summed E-state index contributed by atoms with van der Waals surface area (Å²) in [6.45, 7) is 3.66. The van der Waals surface area contributed by atoms with Crippen LogP contribution in [0.1, 0.15) is 27.4 Å². The molecule has 0 aliphatic carbocycles. The van der Waals surface area contributed by atoms with E-state index < -0.39 is 0 Å². The minimum absolute atomic E-state index is 0.252. The van der Waals surface area contributed by atoms with Gasteiger partial charge in [0.15, 0.2) is 5.69 Å². The molecule has 3 rings (SSSR count). The summed E-state index contributed by atoms with van der Waals surface area (Å²) in [6.07, 6.45) is 4.68. The number of aromatic nitrogens is 3. The van der Waals surface area contributed by atoms with Crippen LogP contribution in [0.25, 0.3) is 0 Å². The Morgan fingerprint density at radius 2 is 1.92 bits per heavy atom. The van der Waals surface area contributed by atoms with Crippen molar-refractivity contribution in [2.24, 2.45) is 0 Å². The van der Waals surface area contributed by atoms with Gasteiger partial charge < -0.3 is 10.6 Å². The third-order valence-electron chi connectivity index (χ3n) is 3.55. The van der Waals surface area contributed by atoms with E-state index in [9.17, 15) is 4.79 Å². The number of hydrogen-bond donors (Lipinski definition) is 2. The zero-order valence-electron chi connectivity index (χ0n) is 14.3. The van der Waals surface area contributed by atoms with Crippen LogP contribution in [0.2, 0.25) is 0 Å². The average molecular weight is 344 g/mol. The molecule has 2 N–H and O–H groups in total. The minimum Gasteiger partial charge on any atom is -0.352 e. The molecule has 0 saturated carbocycles. The molecule has 7 heteroatoms. The Hall–Kier alpha value is -3.79. The van der Waals surface area contributed by atoms with Crippen molar-refractivity contribution in [3.8, 4) is 6.07 Å². The van der Waals surface area contributed by atoms with Gasteiger partial charge in [-0.3, -0.25) is 14.8 Å². The van der Waals surface area contributed by atoms with E-state index in [-0.39, 0.29) is 11.6 Å². The van der Waals surface area contributed by atoms with Gasteiger partial charge in [-0.15, -0.1) is 0 Å². The summed E-state index contributed by atoms with van der Waals surface area (Å²) >= 11 is 0. The van der Waals surface area contributed by atoms with Crippen LogP contribution in [-0.4, -0.2) is 20.9 Å². The van der Waals surface area contributed by atoms with Crippen molar-refractivity contribution in [1.29, 1.82) is 5.26 Å². The lowest BCUT2D eigenvalue weighted by Crippen LogP contribution is -2.16. The number of nitriles is 1. The molecule has 0 atom stereocenters. The second kappa shape index (κ2) is 7.40. The first-order chi connectivity index (χ1) is 12.5. The SMILES string of the molecule is Cc1cc(NC(=O)c2nc(C)ccc2Nc2cncc(C#N)c2)ccn1. The lowest BCUT2D eigenvalue weighted by atomic mass is 10.2. The number of aryl methyl sites for hydroxylation is 2. The summed E-state index contributed by atoms with van der Waals surface area (Å²) in [7, 11) is 0. The van der Waals surface area contributed by atoms with Crippen LogP contribution in [0.15, 0.2) is 48.9 Å². The van der Waals surface area contributed by atoms with Gasteiger partial charge in [0, 0.05) is 29.5 Å². The van der Waals surface area contributed by atoms with E-state index in [2.05, 4.69) is 25.6 Å². The van der Waals surface area contributed by atoms with Crippen LogP contribution in [0.4, 0.5) is 17.1 Å². The molecule has 3 aromatic rings. The van der Waals surface area contributed by atoms with E-state index in [0.29, 0.717) is 22.6 Å². The molecule has 3 heterocycles. The van der Waals surface area contributed by atoms with Crippen molar-refractivity contribution >= 4 is 23.0 Å². The number of rotatable bonds is 4. The van der Waals surface area contributed by atoms with Crippen molar-refractivity contribution < 1.29 is 4.79 Å². The summed E-state index contributed by atoms with van der Waals surface area (Å²) in [6, 6.07) is 10.8. The van der Waals surface area contributed by atoms with E-state index in [1.54, 1.807) is 42.7 Å². The highest BCUT2D eigenvalue weighted by atomic mass is 16.1. The molecule has 0 unspecified atom stereocenters. The van der Waals surface area contributed by atoms with Gasteiger partial charge in [0.05, 0.1) is 23.1 Å². The highest BCUT2D eigenvalue weighted by Gasteiger charge is 2.15. The number of amides is 1. The second-order valence-corrected chi connectivity index (χ2v) is 5.69. The Morgan fingerprint density at radius 3 is 2.69 bits per heavy atom. The highest BCUT2D eigenvalue weighted by Crippen LogP contribution is 2.21. The summed E-state index contributed by atoms with van der Waals surface area (Å²) in [5, 5.41) is 14.9. The van der Waals surface area contributed by atoms with Crippen LogP contribution in [0.5, 0.6) is 0 Å². The van der Waals surface area contributed by atoms with Gasteiger partial charge in [0.1, 0.15) is 6.07 Å². The number of anilines is 3. The Kier molecular flexibility index (Phi) is 4.85. The van der Waals surface area contributed by atoms with Crippen molar-refractivity contribution in [2.75, 3.05) is 10.6 Å².